The molecule has 9 nitrogen and oxygen atoms in total. The van der Waals surface area contributed by atoms with Gasteiger partial charge in [-0.2, -0.15) is 5.10 Å². The molecule has 4 heterocycles. The maximum atomic E-state index is 14.5. The molecule has 2 atom stereocenters. The summed E-state index contributed by atoms with van der Waals surface area (Å²) >= 11 is 0. The molecule has 1 amide bonds. The van der Waals surface area contributed by atoms with Crippen molar-refractivity contribution in [2.24, 2.45) is 12.0 Å². The molecule has 0 bridgehead atoms. The number of aliphatic imine (C=N–C) groups is 1. The van der Waals surface area contributed by atoms with E-state index in [0.29, 0.717) is 46.6 Å². The van der Waals surface area contributed by atoms with Gasteiger partial charge >= 0.3 is 0 Å². The second kappa shape index (κ2) is 8.11. The second-order valence-electron chi connectivity index (χ2n) is 8.83. The van der Waals surface area contributed by atoms with E-state index in [0.717, 1.165) is 18.9 Å². The number of aromatic nitrogens is 3. The van der Waals surface area contributed by atoms with E-state index in [1.54, 1.807) is 36.4 Å². The number of hydrogen-bond donors (Lipinski definition) is 2. The Balaban J connectivity index is 1.47. The van der Waals surface area contributed by atoms with E-state index in [4.69, 9.17) is 0 Å². The topological polar surface area (TPSA) is 90.7 Å². The van der Waals surface area contributed by atoms with Gasteiger partial charge in [0.05, 0.1) is 17.8 Å². The molecule has 1 saturated heterocycles. The van der Waals surface area contributed by atoms with Crippen molar-refractivity contribution in [3.63, 3.8) is 0 Å². The summed E-state index contributed by atoms with van der Waals surface area (Å²) in [5.74, 6) is -0.0998. The molecule has 2 N–H and O–H groups in total. The molecule has 0 saturated carbocycles. The number of carbonyl (C=O) groups excluding carboxylic acids is 1. The number of rotatable bonds is 3. The molecule has 10 heteroatoms. The van der Waals surface area contributed by atoms with Crippen LogP contribution in [-0.4, -0.2) is 70.6 Å². The predicted octanol–water partition coefficient (Wildman–Crippen LogP) is 3.02. The van der Waals surface area contributed by atoms with Crippen LogP contribution in [0.25, 0.3) is 10.9 Å². The van der Waals surface area contributed by atoms with Crippen molar-refractivity contribution < 1.29 is 9.18 Å². The van der Waals surface area contributed by atoms with Gasteiger partial charge in [0.15, 0.2) is 11.6 Å². The number of amides is 1. The molecule has 0 spiro atoms. The van der Waals surface area contributed by atoms with Gasteiger partial charge in [0.2, 0.25) is 0 Å². The number of piperazine rings is 1. The molecule has 33 heavy (non-hydrogen) atoms. The van der Waals surface area contributed by atoms with E-state index in [1.165, 1.54) is 6.07 Å². The van der Waals surface area contributed by atoms with E-state index in [1.807, 2.05) is 0 Å². The molecular formula is C23H27FN8O. The third-order valence-corrected chi connectivity index (χ3v) is 6.46. The van der Waals surface area contributed by atoms with Crippen molar-refractivity contribution in [2.45, 2.75) is 25.9 Å². The fraction of sp³-hybridized carbons (Fsp3) is 0.391. The van der Waals surface area contributed by atoms with Crippen molar-refractivity contribution >= 4 is 45.9 Å². The van der Waals surface area contributed by atoms with Crippen molar-refractivity contribution in [2.75, 3.05) is 42.2 Å². The van der Waals surface area contributed by atoms with Gasteiger partial charge in [0, 0.05) is 61.9 Å². The fourth-order valence-corrected chi connectivity index (χ4v) is 4.54. The number of aryl methyl sites for hydroxylation is 1. The number of likely N-dealkylation sites (N-methyl/N-ethyl adjacent to an activating group) is 1. The minimum atomic E-state index is -0.486. The van der Waals surface area contributed by atoms with Crippen LogP contribution in [0.3, 0.4) is 0 Å². The lowest BCUT2D eigenvalue weighted by molar-refractivity contribution is 0.102. The van der Waals surface area contributed by atoms with Crippen LogP contribution in [0, 0.1) is 5.82 Å². The van der Waals surface area contributed by atoms with Gasteiger partial charge in [-0.1, -0.05) is 0 Å². The van der Waals surface area contributed by atoms with Crippen LogP contribution < -0.4 is 15.5 Å². The predicted molar refractivity (Wildman–Crippen MR) is 128 cm³/mol. The summed E-state index contributed by atoms with van der Waals surface area (Å²) in [6.45, 7) is 6.55. The van der Waals surface area contributed by atoms with Crippen LogP contribution in [0.1, 0.15) is 24.2 Å². The molecule has 0 radical (unpaired) electrons. The van der Waals surface area contributed by atoms with E-state index in [9.17, 15) is 9.18 Å². The van der Waals surface area contributed by atoms with E-state index in [-0.39, 0.29) is 11.4 Å². The highest BCUT2D eigenvalue weighted by Gasteiger charge is 2.31. The first kappa shape index (κ1) is 21.3. The first-order valence-corrected chi connectivity index (χ1v) is 11.0. The second-order valence-corrected chi connectivity index (χ2v) is 8.83. The molecule has 2 aliphatic heterocycles. The number of nitrogens with one attached hydrogen (secondary N) is 2. The molecule has 5 rings (SSSR count). The third kappa shape index (κ3) is 3.80. The van der Waals surface area contributed by atoms with Crippen LogP contribution in [0.4, 0.5) is 27.3 Å². The number of carbonyl (C=O) groups is 1. The van der Waals surface area contributed by atoms with Crippen molar-refractivity contribution in [3.8, 4) is 0 Å². The number of hydrogen-bond acceptors (Lipinski definition) is 7. The van der Waals surface area contributed by atoms with Gasteiger partial charge < -0.3 is 15.5 Å². The number of nitrogens with zero attached hydrogens (tertiary/aromatic N) is 6. The summed E-state index contributed by atoms with van der Waals surface area (Å²) in [4.78, 5) is 27.0. The quantitative estimate of drug-likeness (QED) is 0.638. The van der Waals surface area contributed by atoms with Crippen LogP contribution in [0.2, 0.25) is 0 Å². The zero-order valence-electron chi connectivity index (χ0n) is 19.1. The summed E-state index contributed by atoms with van der Waals surface area (Å²) in [6, 6.07) is 3.72. The molecule has 2 aromatic heterocycles. The first-order chi connectivity index (χ1) is 15.8. The van der Waals surface area contributed by atoms with Gasteiger partial charge in [0.1, 0.15) is 11.2 Å². The number of anilines is 3. The minimum absolute atomic E-state index is 0.269. The molecule has 1 fully saturated rings. The van der Waals surface area contributed by atoms with E-state index >= 15 is 0 Å². The lowest BCUT2D eigenvalue weighted by Gasteiger charge is -2.43. The van der Waals surface area contributed by atoms with Crippen molar-refractivity contribution in [1.82, 2.24) is 19.7 Å². The number of halogens is 1. The number of benzene rings is 1. The van der Waals surface area contributed by atoms with Gasteiger partial charge in [-0.05, 0) is 33.0 Å². The lowest BCUT2D eigenvalue weighted by Crippen LogP contribution is -2.55. The normalized spacial score (nSPS) is 20.6. The number of pyridine rings is 1. The zero-order valence-corrected chi connectivity index (χ0v) is 19.1. The summed E-state index contributed by atoms with van der Waals surface area (Å²) < 4.78 is 16.0. The fourth-order valence-electron chi connectivity index (χ4n) is 4.54. The smallest absolute Gasteiger partial charge is 0.259 e. The van der Waals surface area contributed by atoms with Gasteiger partial charge in [-0.3, -0.25) is 19.4 Å². The molecule has 2 aliphatic rings. The highest BCUT2D eigenvalue weighted by atomic mass is 19.1. The Hall–Kier alpha value is -3.53. The SMILES string of the molecule is C[C@@H]1CN(c2ncc(C(=O)Nc3cc(F)c4nn(C)cc4c3)c3c2N=CCN3)C[C@H](C)N1C. The molecule has 1 aromatic carbocycles. The standard InChI is InChI=1S/C23H27FN8O/c1-13-10-32(11-14(2)31(13)4)22-21-20(25-5-6-26-21)17(9-27-22)23(33)28-16-7-15-12-30(3)29-19(15)18(24)8-16/h6-9,12-14,25H,5,10-11H2,1-4H3,(H,28,33)/t13-,14+. The number of fused-ring (bicyclic) bond motifs is 2. The zero-order chi connectivity index (χ0) is 23.3. The third-order valence-electron chi connectivity index (χ3n) is 6.46. The van der Waals surface area contributed by atoms with Gasteiger partial charge in [-0.15, -0.1) is 0 Å². The molecule has 0 aliphatic carbocycles. The van der Waals surface area contributed by atoms with Crippen molar-refractivity contribution in [1.29, 1.82) is 0 Å². The maximum absolute atomic E-state index is 14.5. The summed E-state index contributed by atoms with van der Waals surface area (Å²) in [7, 11) is 3.86. The van der Waals surface area contributed by atoms with Gasteiger partial charge in [0.25, 0.3) is 5.91 Å². The molecule has 3 aromatic rings. The molecule has 172 valence electrons. The average molecular weight is 451 g/mol. The van der Waals surface area contributed by atoms with Crippen LogP contribution in [0.15, 0.2) is 29.5 Å². The molecule has 0 unspecified atom stereocenters. The Labute approximate surface area is 191 Å². The monoisotopic (exact) mass is 450 g/mol. The van der Waals surface area contributed by atoms with Crippen LogP contribution in [-0.2, 0) is 7.05 Å². The Kier molecular flexibility index (Phi) is 5.24. The Bertz CT molecular complexity index is 1260. The largest absolute Gasteiger partial charge is 0.377 e. The summed E-state index contributed by atoms with van der Waals surface area (Å²) in [5.41, 5.74) is 2.30. The highest BCUT2D eigenvalue weighted by Crippen LogP contribution is 2.39. The minimum Gasteiger partial charge on any atom is -0.377 e. The highest BCUT2D eigenvalue weighted by molar-refractivity contribution is 6.11. The van der Waals surface area contributed by atoms with Crippen LogP contribution in [0.5, 0.6) is 0 Å². The lowest BCUT2D eigenvalue weighted by atomic mass is 10.1. The first-order valence-electron chi connectivity index (χ1n) is 11.0. The summed E-state index contributed by atoms with van der Waals surface area (Å²) in [6.07, 6.45) is 5.06. The maximum Gasteiger partial charge on any atom is 0.259 e. The summed E-state index contributed by atoms with van der Waals surface area (Å²) in [5, 5.41) is 10.8. The van der Waals surface area contributed by atoms with E-state index < -0.39 is 5.82 Å². The van der Waals surface area contributed by atoms with E-state index in [2.05, 4.69) is 56.4 Å². The molecular weight excluding hydrogens is 423 g/mol. The van der Waals surface area contributed by atoms with Gasteiger partial charge in [-0.25, -0.2) is 9.37 Å². The Morgan fingerprint density at radius 3 is 2.73 bits per heavy atom. The average Bonchev–Trinajstić information content (AvgIpc) is 3.17. The Morgan fingerprint density at radius 1 is 1.21 bits per heavy atom. The van der Waals surface area contributed by atoms with Crippen molar-refractivity contribution in [3.05, 3.63) is 35.9 Å². The Morgan fingerprint density at radius 2 is 1.97 bits per heavy atom. The van der Waals surface area contributed by atoms with Crippen LogP contribution >= 0.6 is 0 Å².